The van der Waals surface area contributed by atoms with Crippen LogP contribution in [0.5, 0.6) is 0 Å². The molecule has 4 nitrogen and oxygen atoms in total. The molecule has 0 saturated heterocycles. The van der Waals surface area contributed by atoms with Gasteiger partial charge in [0.1, 0.15) is 0 Å². The first-order chi connectivity index (χ1) is 10.3. The van der Waals surface area contributed by atoms with Crippen molar-refractivity contribution in [3.05, 3.63) is 65.5 Å². The fraction of sp³-hybridized carbons (Fsp3) is 0.0625. The fourth-order valence-electron chi connectivity index (χ4n) is 2.08. The molecule has 0 atom stereocenters. The Hall–Kier alpha value is -1.60. The van der Waals surface area contributed by atoms with Crippen molar-refractivity contribution in [2.75, 3.05) is 0 Å². The van der Waals surface area contributed by atoms with Crippen molar-refractivity contribution in [3.63, 3.8) is 0 Å². The van der Waals surface area contributed by atoms with Gasteiger partial charge in [0, 0.05) is 23.9 Å². The summed E-state index contributed by atoms with van der Waals surface area (Å²) >= 11 is 1.86. The van der Waals surface area contributed by atoms with Gasteiger partial charge in [-0.2, -0.15) is 0 Å². The van der Waals surface area contributed by atoms with E-state index in [1.807, 2.05) is 11.3 Å². The van der Waals surface area contributed by atoms with Crippen LogP contribution < -0.4 is 18.6 Å². The van der Waals surface area contributed by atoms with Crippen molar-refractivity contribution < 1.29 is 28.9 Å². The minimum Gasteiger partial charge on any atom is -0.222 e. The van der Waals surface area contributed by atoms with Crippen LogP contribution in [0.15, 0.2) is 60.7 Å². The lowest BCUT2D eigenvalue weighted by molar-refractivity contribution is -2.00. The Labute approximate surface area is 134 Å². The van der Waals surface area contributed by atoms with Crippen LogP contribution in [0.2, 0.25) is 0 Å². The Morgan fingerprint density at radius 3 is 2.00 bits per heavy atom. The molecule has 1 aromatic heterocycles. The third kappa shape index (κ3) is 4.99. The number of hydrogen-bond donors (Lipinski definition) is 0. The van der Waals surface area contributed by atoms with Gasteiger partial charge in [-0.3, -0.25) is 0 Å². The lowest BCUT2D eigenvalue weighted by Gasteiger charge is -2.17. The van der Waals surface area contributed by atoms with E-state index in [2.05, 4.69) is 67.6 Å². The highest BCUT2D eigenvalue weighted by Crippen LogP contribution is 2.31. The predicted octanol–water partition coefficient (Wildman–Crippen LogP) is 0.402. The van der Waals surface area contributed by atoms with Gasteiger partial charge in [-0.25, -0.2) is 18.6 Å². The van der Waals surface area contributed by atoms with E-state index in [0.29, 0.717) is 0 Å². The zero-order chi connectivity index (χ0) is 16.2. The Bertz CT molecular complexity index is 751. The maximum Gasteiger partial charge on any atom is 0.238 e. The molecule has 0 radical (unpaired) electrons. The highest BCUT2D eigenvalue weighted by Gasteiger charge is 2.14. The quantitative estimate of drug-likeness (QED) is 0.601. The first-order valence-electron chi connectivity index (χ1n) is 6.34. The van der Waals surface area contributed by atoms with E-state index in [4.69, 9.17) is 18.6 Å². The van der Waals surface area contributed by atoms with E-state index in [1.165, 1.54) is 26.1 Å². The van der Waals surface area contributed by atoms with Gasteiger partial charge in [-0.1, -0.05) is 36.4 Å². The van der Waals surface area contributed by atoms with Gasteiger partial charge in [-0.05, 0) is 23.6 Å². The largest absolute Gasteiger partial charge is 0.238 e. The molecule has 114 valence electrons. The smallest absolute Gasteiger partial charge is 0.222 e. The second-order valence-electron chi connectivity index (χ2n) is 4.50. The number of hydrogen-bond acceptors (Lipinski definition) is 4. The highest BCUT2D eigenvalue weighted by atomic mass is 35.7. The molecule has 0 fully saturated rings. The highest BCUT2D eigenvalue weighted by molar-refractivity contribution is 7.15. The van der Waals surface area contributed by atoms with Crippen molar-refractivity contribution in [1.82, 2.24) is 0 Å². The van der Waals surface area contributed by atoms with E-state index in [1.54, 1.807) is 0 Å². The lowest BCUT2D eigenvalue weighted by atomic mass is 10.1. The van der Waals surface area contributed by atoms with Crippen molar-refractivity contribution in [1.29, 1.82) is 0 Å². The minimum atomic E-state index is -4.94. The molecule has 0 spiro atoms. The van der Waals surface area contributed by atoms with E-state index in [0.717, 1.165) is 0 Å². The second kappa shape index (κ2) is 7.11. The van der Waals surface area contributed by atoms with Crippen LogP contribution in [0, 0.1) is 17.2 Å². The van der Waals surface area contributed by atoms with Crippen molar-refractivity contribution in [3.8, 4) is 10.4 Å². The Morgan fingerprint density at radius 2 is 1.36 bits per heavy atom. The van der Waals surface area contributed by atoms with Gasteiger partial charge >= 0.3 is 0 Å². The third-order valence-electron chi connectivity index (χ3n) is 2.95. The summed E-state index contributed by atoms with van der Waals surface area (Å²) in [7, 11) is -4.94. The van der Waals surface area contributed by atoms with Gasteiger partial charge < -0.3 is 0 Å². The van der Waals surface area contributed by atoms with Crippen LogP contribution in [0.1, 0.15) is 4.88 Å². The monoisotopic (exact) mass is 336 g/mol. The molecule has 0 aliphatic carbocycles. The van der Waals surface area contributed by atoms with Crippen LogP contribution in [-0.2, 0) is 0 Å². The van der Waals surface area contributed by atoms with Gasteiger partial charge in [0.15, 0.2) is 0 Å². The maximum absolute atomic E-state index is 8.49. The number of halogens is 1. The normalized spacial score (nSPS) is 11.0. The molecule has 6 heteroatoms. The molecule has 3 rings (SSSR count). The summed E-state index contributed by atoms with van der Waals surface area (Å²) in [4.78, 5) is 2.71. The molecule has 0 saturated carbocycles. The van der Waals surface area contributed by atoms with Crippen LogP contribution in [0.4, 0.5) is 0 Å². The zero-order valence-electron chi connectivity index (χ0n) is 11.7. The van der Waals surface area contributed by atoms with Crippen LogP contribution in [0.3, 0.4) is 0 Å². The van der Waals surface area contributed by atoms with Gasteiger partial charge in [0.05, 0.1) is 0 Å². The summed E-state index contributed by atoms with van der Waals surface area (Å²) in [6.07, 6.45) is 0. The molecule has 0 unspecified atom stereocenters. The molecule has 0 bridgehead atoms. The first kappa shape index (κ1) is 16.8. The van der Waals surface area contributed by atoms with Crippen LogP contribution >= 0.6 is 11.3 Å². The Morgan fingerprint density at radius 1 is 0.818 bits per heavy atom. The summed E-state index contributed by atoms with van der Waals surface area (Å²) in [5.74, 6) is 0. The Kier molecular flexibility index (Phi) is 5.42. The second-order valence-corrected chi connectivity index (χ2v) is 6.51. The zero-order valence-corrected chi connectivity index (χ0v) is 13.3. The SMILES string of the molecule is Cc1[s+]c(-c2ccccc2)cc2ccccc12.[O-][Cl+3]([O-])([O-])[O-]. The van der Waals surface area contributed by atoms with Crippen LogP contribution in [0.25, 0.3) is 21.2 Å². The molecule has 2 aromatic carbocycles. The van der Waals surface area contributed by atoms with Crippen molar-refractivity contribution >= 4 is 22.1 Å². The molecule has 22 heavy (non-hydrogen) atoms. The standard InChI is InChI=1S/C16H13S.ClHO4/c1-12-15-10-6-5-9-14(15)11-16(17-12)13-7-3-2-4-8-13;2-1(3,4)5/h2-11H,1H3;(H,2,3,4,5)/q+1;/p-1. The number of fused-ring (bicyclic) bond motifs is 1. The predicted molar refractivity (Wildman–Crippen MR) is 76.4 cm³/mol. The van der Waals surface area contributed by atoms with Crippen LogP contribution in [-0.4, -0.2) is 0 Å². The molecule has 1 heterocycles. The number of rotatable bonds is 1. The summed E-state index contributed by atoms with van der Waals surface area (Å²) in [6, 6.07) is 21.4. The molecular weight excluding hydrogens is 324 g/mol. The Balaban J connectivity index is 0.000000309. The maximum atomic E-state index is 8.49. The number of benzene rings is 2. The minimum absolute atomic E-state index is 1.30. The molecule has 0 aliphatic rings. The molecule has 0 aliphatic heterocycles. The molecule has 0 N–H and O–H groups in total. The van der Waals surface area contributed by atoms with Gasteiger partial charge in [0.2, 0.25) is 21.1 Å². The number of aryl methyl sites for hydroxylation is 1. The first-order valence-corrected chi connectivity index (χ1v) is 8.39. The topological polar surface area (TPSA) is 92.2 Å². The van der Waals surface area contributed by atoms with E-state index < -0.39 is 10.2 Å². The lowest BCUT2D eigenvalue weighted by Crippen LogP contribution is -2.68. The summed E-state index contributed by atoms with van der Waals surface area (Å²) in [5, 5.41) is 2.68. The van der Waals surface area contributed by atoms with Crippen molar-refractivity contribution in [2.45, 2.75) is 6.92 Å². The average molecular weight is 337 g/mol. The fourth-order valence-corrected chi connectivity index (χ4v) is 3.14. The van der Waals surface area contributed by atoms with Crippen molar-refractivity contribution in [2.24, 2.45) is 0 Å². The van der Waals surface area contributed by atoms with E-state index in [9.17, 15) is 0 Å². The van der Waals surface area contributed by atoms with Gasteiger partial charge in [-0.15, -0.1) is 10.2 Å². The van der Waals surface area contributed by atoms with E-state index in [-0.39, 0.29) is 0 Å². The van der Waals surface area contributed by atoms with Gasteiger partial charge in [0.25, 0.3) is 0 Å². The third-order valence-corrected chi connectivity index (χ3v) is 4.05. The molecule has 3 aromatic rings. The summed E-state index contributed by atoms with van der Waals surface area (Å²) in [5.41, 5.74) is 1.30. The summed E-state index contributed by atoms with van der Waals surface area (Å²) in [6.45, 7) is 2.19. The van der Waals surface area contributed by atoms with E-state index >= 15 is 0 Å². The molecule has 0 amide bonds. The molecular formula is C16H13ClO4S. The summed E-state index contributed by atoms with van der Waals surface area (Å²) < 4.78 is 34.0. The average Bonchev–Trinajstić information content (AvgIpc) is 2.46.